The van der Waals surface area contributed by atoms with Crippen LogP contribution in [-0.4, -0.2) is 50.2 Å². The van der Waals surface area contributed by atoms with Crippen LogP contribution in [0.4, 0.5) is 0 Å². The molecule has 0 bridgehead atoms. The van der Waals surface area contributed by atoms with Crippen molar-refractivity contribution in [3.05, 3.63) is 47.5 Å². The highest BCUT2D eigenvalue weighted by atomic mass is 16.7. The molecule has 0 saturated carbocycles. The number of fused-ring (bicyclic) bond motifs is 1. The average Bonchev–Trinajstić information content (AvgIpc) is 3.10. The lowest BCUT2D eigenvalue weighted by Gasteiger charge is -2.35. The van der Waals surface area contributed by atoms with Gasteiger partial charge in [0.15, 0.2) is 11.5 Å². The first kappa shape index (κ1) is 16.1. The molecule has 1 N–H and O–H groups in total. The van der Waals surface area contributed by atoms with E-state index in [9.17, 15) is 5.11 Å². The van der Waals surface area contributed by atoms with E-state index in [1.807, 2.05) is 30.3 Å². The molecule has 0 radical (unpaired) electrons. The van der Waals surface area contributed by atoms with E-state index in [-0.39, 0.29) is 18.6 Å². The molecule has 1 saturated heterocycles. The average molecular weight is 343 g/mol. The number of benzene rings is 2. The molecule has 1 fully saturated rings. The van der Waals surface area contributed by atoms with E-state index in [0.717, 1.165) is 30.0 Å². The summed E-state index contributed by atoms with van der Waals surface area (Å²) in [5.41, 5.74) is 1.84. The highest BCUT2D eigenvalue weighted by Crippen LogP contribution is 2.43. The zero-order valence-corrected chi connectivity index (χ0v) is 14.1. The van der Waals surface area contributed by atoms with Crippen LogP contribution in [-0.2, 0) is 4.74 Å². The van der Waals surface area contributed by atoms with Crippen molar-refractivity contribution in [1.29, 1.82) is 0 Å². The first-order valence-electron chi connectivity index (χ1n) is 8.34. The van der Waals surface area contributed by atoms with Gasteiger partial charge in [0.1, 0.15) is 11.5 Å². The van der Waals surface area contributed by atoms with Gasteiger partial charge < -0.3 is 24.1 Å². The van der Waals surface area contributed by atoms with Crippen molar-refractivity contribution in [2.75, 3.05) is 40.2 Å². The number of hydrogen-bond donors (Lipinski definition) is 1. The Kier molecular flexibility index (Phi) is 4.38. The normalized spacial score (nSPS) is 18.1. The molecular formula is C19H21NO5. The van der Waals surface area contributed by atoms with Crippen LogP contribution in [0.25, 0.3) is 0 Å². The van der Waals surface area contributed by atoms with E-state index < -0.39 is 0 Å². The molecule has 2 aromatic carbocycles. The van der Waals surface area contributed by atoms with E-state index in [4.69, 9.17) is 18.9 Å². The summed E-state index contributed by atoms with van der Waals surface area (Å²) >= 11 is 0. The lowest BCUT2D eigenvalue weighted by molar-refractivity contribution is 0.0235. The number of methoxy groups -OCH3 is 1. The Morgan fingerprint density at radius 1 is 1.08 bits per heavy atom. The van der Waals surface area contributed by atoms with Crippen LogP contribution in [0, 0.1) is 0 Å². The number of hydrogen-bond acceptors (Lipinski definition) is 6. The highest BCUT2D eigenvalue weighted by Gasteiger charge is 2.29. The molecule has 6 nitrogen and oxygen atoms in total. The fourth-order valence-corrected chi connectivity index (χ4v) is 3.40. The van der Waals surface area contributed by atoms with Gasteiger partial charge in [-0.15, -0.1) is 0 Å². The molecule has 2 aliphatic heterocycles. The van der Waals surface area contributed by atoms with Crippen LogP contribution >= 0.6 is 0 Å². The highest BCUT2D eigenvalue weighted by molar-refractivity contribution is 5.54. The predicted octanol–water partition coefficient (Wildman–Crippen LogP) is 2.55. The topological polar surface area (TPSA) is 60.4 Å². The molecule has 2 aliphatic rings. The third-order valence-corrected chi connectivity index (χ3v) is 4.64. The van der Waals surface area contributed by atoms with Crippen LogP contribution in [0.5, 0.6) is 23.0 Å². The molecule has 25 heavy (non-hydrogen) atoms. The van der Waals surface area contributed by atoms with Gasteiger partial charge in [-0.05, 0) is 23.8 Å². The molecular weight excluding hydrogens is 322 g/mol. The quantitative estimate of drug-likeness (QED) is 0.921. The van der Waals surface area contributed by atoms with Crippen molar-refractivity contribution in [2.45, 2.75) is 6.04 Å². The Morgan fingerprint density at radius 2 is 1.84 bits per heavy atom. The van der Waals surface area contributed by atoms with Gasteiger partial charge in [0, 0.05) is 24.7 Å². The van der Waals surface area contributed by atoms with Gasteiger partial charge in [-0.3, -0.25) is 4.90 Å². The van der Waals surface area contributed by atoms with E-state index in [0.29, 0.717) is 24.7 Å². The van der Waals surface area contributed by atoms with Crippen LogP contribution < -0.4 is 14.2 Å². The van der Waals surface area contributed by atoms with E-state index >= 15 is 0 Å². The first-order valence-corrected chi connectivity index (χ1v) is 8.34. The summed E-state index contributed by atoms with van der Waals surface area (Å²) in [5, 5.41) is 10.6. The zero-order chi connectivity index (χ0) is 17.2. The van der Waals surface area contributed by atoms with Crippen molar-refractivity contribution in [1.82, 2.24) is 4.90 Å². The summed E-state index contributed by atoms with van der Waals surface area (Å²) in [5.74, 6) is 2.22. The second-order valence-electron chi connectivity index (χ2n) is 6.09. The molecule has 1 unspecified atom stereocenters. The molecule has 2 aromatic rings. The third-order valence-electron chi connectivity index (χ3n) is 4.64. The number of rotatable bonds is 4. The van der Waals surface area contributed by atoms with Crippen molar-refractivity contribution in [2.24, 2.45) is 0 Å². The Balaban J connectivity index is 1.80. The smallest absolute Gasteiger partial charge is 0.231 e. The minimum Gasteiger partial charge on any atom is -0.507 e. The fraction of sp³-hybridized carbons (Fsp3) is 0.368. The molecule has 0 aromatic heterocycles. The molecule has 0 aliphatic carbocycles. The van der Waals surface area contributed by atoms with Gasteiger partial charge in [-0.1, -0.05) is 12.1 Å². The number of phenolic OH excluding ortho intramolecular Hbond substituents is 1. The molecule has 0 amide bonds. The Hall–Kier alpha value is -2.44. The monoisotopic (exact) mass is 343 g/mol. The van der Waals surface area contributed by atoms with Gasteiger partial charge in [0.2, 0.25) is 6.79 Å². The second kappa shape index (κ2) is 6.82. The minimum atomic E-state index is -0.117. The number of aromatic hydroxyl groups is 1. The van der Waals surface area contributed by atoms with E-state index in [1.54, 1.807) is 13.2 Å². The molecule has 1 atom stereocenters. The largest absolute Gasteiger partial charge is 0.507 e. The number of ether oxygens (including phenoxy) is 4. The molecule has 2 heterocycles. The lowest BCUT2D eigenvalue weighted by atomic mass is 9.95. The maximum Gasteiger partial charge on any atom is 0.231 e. The summed E-state index contributed by atoms with van der Waals surface area (Å²) in [6.45, 7) is 3.10. The number of phenols is 1. The van der Waals surface area contributed by atoms with E-state index in [1.165, 1.54) is 0 Å². The van der Waals surface area contributed by atoms with Crippen molar-refractivity contribution in [3.63, 3.8) is 0 Å². The van der Waals surface area contributed by atoms with Crippen molar-refractivity contribution >= 4 is 0 Å². The Morgan fingerprint density at radius 3 is 2.60 bits per heavy atom. The summed E-state index contributed by atoms with van der Waals surface area (Å²) in [4.78, 5) is 2.30. The Bertz CT molecular complexity index is 757. The lowest BCUT2D eigenvalue weighted by Crippen LogP contribution is -2.39. The summed E-state index contributed by atoms with van der Waals surface area (Å²) in [6, 6.07) is 11.3. The fourth-order valence-electron chi connectivity index (χ4n) is 3.40. The van der Waals surface area contributed by atoms with Gasteiger partial charge in [-0.25, -0.2) is 0 Å². The minimum absolute atomic E-state index is 0.117. The van der Waals surface area contributed by atoms with Gasteiger partial charge in [0.25, 0.3) is 0 Å². The molecule has 4 rings (SSSR count). The summed E-state index contributed by atoms with van der Waals surface area (Å²) in [6.07, 6.45) is 0. The van der Waals surface area contributed by atoms with E-state index in [2.05, 4.69) is 4.90 Å². The first-order chi connectivity index (χ1) is 12.3. The van der Waals surface area contributed by atoms with Crippen LogP contribution in [0.3, 0.4) is 0 Å². The van der Waals surface area contributed by atoms with Gasteiger partial charge >= 0.3 is 0 Å². The van der Waals surface area contributed by atoms with Crippen molar-refractivity contribution < 1.29 is 24.1 Å². The van der Waals surface area contributed by atoms with Crippen molar-refractivity contribution in [3.8, 4) is 23.0 Å². The molecule has 132 valence electrons. The molecule has 0 spiro atoms. The SMILES string of the molecule is COc1cccc(C(c2cc3c(cc2O)OCO3)N2CCOCC2)c1. The molecule has 6 heteroatoms. The summed E-state index contributed by atoms with van der Waals surface area (Å²) in [7, 11) is 1.65. The van der Waals surface area contributed by atoms with Crippen LogP contribution in [0.2, 0.25) is 0 Å². The summed E-state index contributed by atoms with van der Waals surface area (Å²) < 4.78 is 21.8. The Labute approximate surface area is 146 Å². The third kappa shape index (κ3) is 3.10. The van der Waals surface area contributed by atoms with Crippen LogP contribution in [0.1, 0.15) is 17.2 Å². The van der Waals surface area contributed by atoms with Gasteiger partial charge in [0.05, 0.1) is 26.4 Å². The number of nitrogens with zero attached hydrogens (tertiary/aromatic N) is 1. The second-order valence-corrected chi connectivity index (χ2v) is 6.09. The van der Waals surface area contributed by atoms with Gasteiger partial charge in [-0.2, -0.15) is 0 Å². The maximum atomic E-state index is 10.6. The zero-order valence-electron chi connectivity index (χ0n) is 14.1. The number of morpholine rings is 1. The maximum absolute atomic E-state index is 10.6. The standard InChI is InChI=1S/C19H21NO5/c1-22-14-4-2-3-13(9-14)19(20-5-7-23-8-6-20)15-10-17-18(11-16(15)21)25-12-24-17/h2-4,9-11,19,21H,5-8,12H2,1H3. The predicted molar refractivity (Wildman–Crippen MR) is 91.5 cm³/mol. The van der Waals surface area contributed by atoms with Crippen LogP contribution in [0.15, 0.2) is 36.4 Å².